The van der Waals surface area contributed by atoms with Gasteiger partial charge in [-0.1, -0.05) is 28.1 Å². The van der Waals surface area contributed by atoms with Gasteiger partial charge in [-0.15, -0.1) is 0 Å². The molecule has 0 bridgehead atoms. The molecule has 3 rings (SSSR count). The molecule has 8 heteroatoms. The van der Waals surface area contributed by atoms with Crippen LogP contribution in [0.5, 0.6) is 0 Å². The van der Waals surface area contributed by atoms with Crippen molar-refractivity contribution in [2.24, 2.45) is 5.10 Å². The van der Waals surface area contributed by atoms with Crippen molar-refractivity contribution in [2.45, 2.75) is 20.8 Å². The Morgan fingerprint density at radius 3 is 2.65 bits per heavy atom. The number of rotatable bonds is 6. The number of carbonyl (C=O) groups is 2. The molecular weight excluding hydrogens is 460 g/mol. The molecule has 0 fully saturated rings. The smallest absolute Gasteiger partial charge is 0.339 e. The van der Waals surface area contributed by atoms with Crippen molar-refractivity contribution in [3.63, 3.8) is 0 Å². The minimum absolute atomic E-state index is 0.327. The molecule has 2 aromatic carbocycles. The van der Waals surface area contributed by atoms with Crippen LogP contribution < -0.4 is 10.7 Å². The van der Waals surface area contributed by atoms with Gasteiger partial charge in [-0.3, -0.25) is 0 Å². The summed E-state index contributed by atoms with van der Waals surface area (Å²) in [5.41, 5.74) is 7.21. The van der Waals surface area contributed by atoms with Crippen LogP contribution in [-0.2, 0) is 4.74 Å². The number of aromatic nitrogens is 1. The second-order valence-electron chi connectivity index (χ2n) is 6.77. The number of carbonyl (C=O) groups excluding carboxylic acids is 2. The lowest BCUT2D eigenvalue weighted by Crippen LogP contribution is -2.24. The number of halogens is 1. The topological polar surface area (TPSA) is 84.7 Å². The van der Waals surface area contributed by atoms with Crippen molar-refractivity contribution in [2.75, 3.05) is 11.9 Å². The Hall–Kier alpha value is -3.39. The lowest BCUT2D eigenvalue weighted by atomic mass is 10.2. The fourth-order valence-corrected chi connectivity index (χ4v) is 3.59. The number of benzene rings is 2. The highest BCUT2D eigenvalue weighted by Gasteiger charge is 2.12. The third kappa shape index (κ3) is 5.61. The van der Waals surface area contributed by atoms with Gasteiger partial charge in [0.25, 0.3) is 0 Å². The van der Waals surface area contributed by atoms with Gasteiger partial charge in [0.15, 0.2) is 0 Å². The van der Waals surface area contributed by atoms with Gasteiger partial charge >= 0.3 is 12.0 Å². The molecule has 1 heterocycles. The number of urea groups is 1. The Morgan fingerprint density at radius 1 is 1.13 bits per heavy atom. The van der Waals surface area contributed by atoms with E-state index in [0.717, 1.165) is 27.1 Å². The standard InChI is InChI=1S/C23H23BrN4O3/c1-4-31-22(29)17-7-5-10-21(12-17)28-15(2)11-18(16(28)3)14-25-27-23(30)26-20-9-6-8-19(24)13-20/h5-14H,4H2,1-3H3,(H2,26,27,30)/b25-14+. The maximum absolute atomic E-state index is 12.1. The van der Waals surface area contributed by atoms with Crippen molar-refractivity contribution in [3.8, 4) is 5.69 Å². The minimum Gasteiger partial charge on any atom is -0.462 e. The molecule has 7 nitrogen and oxygen atoms in total. The van der Waals surface area contributed by atoms with E-state index < -0.39 is 6.03 Å². The molecular formula is C23H23BrN4O3. The molecule has 0 atom stereocenters. The predicted octanol–water partition coefficient (Wildman–Crippen LogP) is 5.19. The molecule has 0 radical (unpaired) electrons. The maximum atomic E-state index is 12.1. The fourth-order valence-electron chi connectivity index (χ4n) is 3.19. The summed E-state index contributed by atoms with van der Waals surface area (Å²) in [5, 5.41) is 6.76. The number of anilines is 1. The van der Waals surface area contributed by atoms with E-state index in [4.69, 9.17) is 4.74 Å². The van der Waals surface area contributed by atoms with E-state index in [9.17, 15) is 9.59 Å². The number of esters is 1. The van der Waals surface area contributed by atoms with E-state index >= 15 is 0 Å². The molecule has 0 aliphatic carbocycles. The Labute approximate surface area is 189 Å². The van der Waals surface area contributed by atoms with Crippen LogP contribution in [-0.4, -0.2) is 29.4 Å². The van der Waals surface area contributed by atoms with E-state index in [1.807, 2.05) is 48.7 Å². The summed E-state index contributed by atoms with van der Waals surface area (Å²) in [6.45, 7) is 6.02. The summed E-state index contributed by atoms with van der Waals surface area (Å²) in [6, 6.07) is 16.1. The van der Waals surface area contributed by atoms with Gasteiger partial charge in [0.05, 0.1) is 18.4 Å². The van der Waals surface area contributed by atoms with Crippen LogP contribution in [0.3, 0.4) is 0 Å². The largest absolute Gasteiger partial charge is 0.462 e. The molecule has 0 unspecified atom stereocenters. The van der Waals surface area contributed by atoms with Gasteiger partial charge < -0.3 is 14.6 Å². The summed E-state index contributed by atoms with van der Waals surface area (Å²) < 4.78 is 7.98. The highest BCUT2D eigenvalue weighted by atomic mass is 79.9. The number of amides is 2. The minimum atomic E-state index is -0.440. The quantitative estimate of drug-likeness (QED) is 0.288. The third-order valence-corrected chi connectivity index (χ3v) is 5.03. The molecule has 2 amide bonds. The second-order valence-corrected chi connectivity index (χ2v) is 7.68. The van der Waals surface area contributed by atoms with Crippen LogP contribution in [0.25, 0.3) is 5.69 Å². The molecule has 0 saturated heterocycles. The molecule has 3 aromatic rings. The van der Waals surface area contributed by atoms with Gasteiger partial charge in [-0.2, -0.15) is 5.10 Å². The number of nitrogens with one attached hydrogen (secondary N) is 2. The number of hydrazone groups is 1. The van der Waals surface area contributed by atoms with E-state index in [1.54, 1.807) is 37.4 Å². The third-order valence-electron chi connectivity index (χ3n) is 4.54. The molecule has 0 aliphatic rings. The van der Waals surface area contributed by atoms with Crippen molar-refractivity contribution < 1.29 is 14.3 Å². The number of aryl methyl sites for hydroxylation is 1. The van der Waals surface area contributed by atoms with Gasteiger partial charge in [0, 0.05) is 32.8 Å². The first-order valence-electron chi connectivity index (χ1n) is 9.71. The summed E-state index contributed by atoms with van der Waals surface area (Å²) in [4.78, 5) is 24.1. The number of hydrogen-bond acceptors (Lipinski definition) is 4. The summed E-state index contributed by atoms with van der Waals surface area (Å²) >= 11 is 3.36. The molecule has 1 aromatic heterocycles. The molecule has 0 spiro atoms. The predicted molar refractivity (Wildman–Crippen MR) is 125 cm³/mol. The lowest BCUT2D eigenvalue weighted by molar-refractivity contribution is 0.0526. The number of ether oxygens (including phenoxy) is 1. The van der Waals surface area contributed by atoms with Crippen LogP contribution in [0.4, 0.5) is 10.5 Å². The molecule has 0 aliphatic heterocycles. The van der Waals surface area contributed by atoms with Crippen LogP contribution in [0.2, 0.25) is 0 Å². The average Bonchev–Trinajstić information content (AvgIpc) is 3.01. The Kier molecular flexibility index (Phi) is 7.25. The second kappa shape index (κ2) is 10.1. The maximum Gasteiger partial charge on any atom is 0.339 e. The monoisotopic (exact) mass is 482 g/mol. The zero-order valence-corrected chi connectivity index (χ0v) is 19.1. The number of nitrogens with zero attached hydrogens (tertiary/aromatic N) is 2. The zero-order chi connectivity index (χ0) is 22.4. The van der Waals surface area contributed by atoms with Crippen LogP contribution >= 0.6 is 15.9 Å². The van der Waals surface area contributed by atoms with Crippen molar-refractivity contribution >= 4 is 39.8 Å². The first kappa shape index (κ1) is 22.3. The van der Waals surface area contributed by atoms with Gasteiger partial charge in [0.2, 0.25) is 0 Å². The molecule has 0 saturated carbocycles. The van der Waals surface area contributed by atoms with E-state index in [-0.39, 0.29) is 5.97 Å². The SMILES string of the molecule is CCOC(=O)c1cccc(-n2c(C)cc(/C=N/NC(=O)Nc3cccc(Br)c3)c2C)c1. The molecule has 2 N–H and O–H groups in total. The first-order valence-corrected chi connectivity index (χ1v) is 10.5. The summed E-state index contributed by atoms with van der Waals surface area (Å²) in [6.07, 6.45) is 1.59. The highest BCUT2D eigenvalue weighted by Crippen LogP contribution is 2.21. The van der Waals surface area contributed by atoms with Crippen molar-refractivity contribution in [1.82, 2.24) is 9.99 Å². The van der Waals surface area contributed by atoms with Crippen molar-refractivity contribution in [3.05, 3.63) is 81.6 Å². The van der Waals surface area contributed by atoms with E-state index in [1.165, 1.54) is 0 Å². The molecule has 31 heavy (non-hydrogen) atoms. The Balaban J connectivity index is 1.73. The van der Waals surface area contributed by atoms with E-state index in [2.05, 4.69) is 31.8 Å². The van der Waals surface area contributed by atoms with Gasteiger partial charge in [0.1, 0.15) is 0 Å². The first-order chi connectivity index (χ1) is 14.9. The summed E-state index contributed by atoms with van der Waals surface area (Å²) in [5.74, 6) is -0.353. The van der Waals surface area contributed by atoms with Crippen molar-refractivity contribution in [1.29, 1.82) is 0 Å². The highest BCUT2D eigenvalue weighted by molar-refractivity contribution is 9.10. The number of hydrogen-bond donors (Lipinski definition) is 2. The lowest BCUT2D eigenvalue weighted by Gasteiger charge is -2.11. The van der Waals surface area contributed by atoms with Gasteiger partial charge in [-0.25, -0.2) is 15.0 Å². The van der Waals surface area contributed by atoms with E-state index in [0.29, 0.717) is 17.9 Å². The Bertz CT molecular complexity index is 1140. The zero-order valence-electron chi connectivity index (χ0n) is 17.5. The van der Waals surface area contributed by atoms with Crippen LogP contribution in [0.1, 0.15) is 34.2 Å². The van der Waals surface area contributed by atoms with Gasteiger partial charge in [-0.05, 0) is 63.2 Å². The molecule has 160 valence electrons. The fraction of sp³-hybridized carbons (Fsp3) is 0.174. The summed E-state index contributed by atoms with van der Waals surface area (Å²) in [7, 11) is 0. The normalized spacial score (nSPS) is 10.8. The average molecular weight is 483 g/mol. The Morgan fingerprint density at radius 2 is 1.90 bits per heavy atom. The van der Waals surface area contributed by atoms with Crippen LogP contribution in [0, 0.1) is 13.8 Å². The van der Waals surface area contributed by atoms with Crippen LogP contribution in [0.15, 0.2) is 64.2 Å².